The van der Waals surface area contributed by atoms with E-state index in [2.05, 4.69) is 0 Å². The van der Waals surface area contributed by atoms with E-state index in [9.17, 15) is 9.90 Å². The number of hydrogen-bond donors (Lipinski definition) is 1. The van der Waals surface area contributed by atoms with Crippen LogP contribution in [0.15, 0.2) is 47.1 Å². The number of amides is 1. The highest BCUT2D eigenvalue weighted by Crippen LogP contribution is 2.18. The topological polar surface area (TPSA) is 62.9 Å². The molecule has 22 heavy (non-hydrogen) atoms. The van der Waals surface area contributed by atoms with Crippen molar-refractivity contribution in [3.8, 4) is 5.75 Å². The fourth-order valence-electron chi connectivity index (χ4n) is 2.14. The van der Waals surface area contributed by atoms with Crippen LogP contribution in [0.5, 0.6) is 5.75 Å². The van der Waals surface area contributed by atoms with Crippen LogP contribution in [0.3, 0.4) is 0 Å². The first kappa shape index (κ1) is 16.1. The molecule has 0 aliphatic carbocycles. The van der Waals surface area contributed by atoms with Crippen LogP contribution in [0, 0.1) is 0 Å². The van der Waals surface area contributed by atoms with Gasteiger partial charge in [0, 0.05) is 19.2 Å². The molecule has 0 saturated heterocycles. The number of rotatable bonds is 6. The lowest BCUT2D eigenvalue weighted by Gasteiger charge is -2.25. The van der Waals surface area contributed by atoms with Crippen molar-refractivity contribution in [3.05, 3.63) is 54.0 Å². The number of furan rings is 1. The van der Waals surface area contributed by atoms with E-state index in [0.29, 0.717) is 5.56 Å². The first-order valence-corrected chi connectivity index (χ1v) is 7.09. The molecule has 0 radical (unpaired) electrons. The fourth-order valence-corrected chi connectivity index (χ4v) is 2.14. The zero-order chi connectivity index (χ0) is 16.2. The average molecular weight is 303 g/mol. The minimum atomic E-state index is -0.961. The number of nitrogens with zero attached hydrogens (tertiary/aromatic N) is 1. The van der Waals surface area contributed by atoms with Crippen LogP contribution in [0.2, 0.25) is 0 Å². The van der Waals surface area contributed by atoms with Crippen molar-refractivity contribution in [1.29, 1.82) is 0 Å². The van der Waals surface area contributed by atoms with Crippen LogP contribution in [0.4, 0.5) is 0 Å². The number of aliphatic hydroxyl groups is 1. The molecule has 5 heteroatoms. The lowest BCUT2D eigenvalue weighted by Crippen LogP contribution is -2.39. The number of hydrogen-bond acceptors (Lipinski definition) is 4. The predicted octanol–water partition coefficient (Wildman–Crippen LogP) is 2.70. The summed E-state index contributed by atoms with van der Waals surface area (Å²) in [6.45, 7) is 3.76. The van der Waals surface area contributed by atoms with Crippen LogP contribution >= 0.6 is 0 Å². The number of ether oxygens (including phenoxy) is 1. The van der Waals surface area contributed by atoms with Gasteiger partial charge in [0.05, 0.1) is 11.9 Å². The Morgan fingerprint density at radius 3 is 2.59 bits per heavy atom. The van der Waals surface area contributed by atoms with Crippen molar-refractivity contribution in [2.24, 2.45) is 0 Å². The summed E-state index contributed by atoms with van der Waals surface area (Å²) in [4.78, 5) is 13.8. The molecule has 2 aromatic rings. The Bertz CT molecular complexity index is 613. The third-order valence-electron chi connectivity index (χ3n) is 3.05. The second-order valence-corrected chi connectivity index (χ2v) is 5.85. The first-order chi connectivity index (χ1) is 10.4. The highest BCUT2D eigenvalue weighted by molar-refractivity contribution is 5.92. The number of carbonyl (C=O) groups excluding carboxylic acids is 1. The molecule has 5 nitrogen and oxygen atoms in total. The van der Waals surface area contributed by atoms with Crippen LogP contribution in [-0.2, 0) is 6.61 Å². The van der Waals surface area contributed by atoms with E-state index in [0.717, 1.165) is 5.75 Å². The van der Waals surface area contributed by atoms with Crippen molar-refractivity contribution in [3.63, 3.8) is 0 Å². The summed E-state index contributed by atoms with van der Waals surface area (Å²) in [7, 11) is 1.63. The van der Waals surface area contributed by atoms with Crippen LogP contribution in [0.25, 0.3) is 0 Å². The van der Waals surface area contributed by atoms with Crippen molar-refractivity contribution in [2.75, 3.05) is 13.6 Å². The Morgan fingerprint density at radius 1 is 1.27 bits per heavy atom. The van der Waals surface area contributed by atoms with E-state index < -0.39 is 5.60 Å². The van der Waals surface area contributed by atoms with E-state index in [1.807, 2.05) is 30.3 Å². The van der Waals surface area contributed by atoms with Gasteiger partial charge in [-0.05, 0) is 32.0 Å². The van der Waals surface area contributed by atoms with Crippen molar-refractivity contribution >= 4 is 5.91 Å². The van der Waals surface area contributed by atoms with Gasteiger partial charge in [-0.3, -0.25) is 4.79 Å². The summed E-state index contributed by atoms with van der Waals surface area (Å²) in [5, 5.41) is 9.81. The lowest BCUT2D eigenvalue weighted by atomic mass is 10.1. The molecule has 0 fully saturated rings. The Balaban J connectivity index is 2.04. The maximum atomic E-state index is 12.4. The molecule has 0 atom stereocenters. The maximum absolute atomic E-state index is 12.4. The first-order valence-electron chi connectivity index (χ1n) is 7.09. The zero-order valence-electron chi connectivity index (χ0n) is 13.1. The van der Waals surface area contributed by atoms with Crippen molar-refractivity contribution in [1.82, 2.24) is 4.90 Å². The van der Waals surface area contributed by atoms with Gasteiger partial charge in [-0.2, -0.15) is 0 Å². The molecule has 0 bridgehead atoms. The highest BCUT2D eigenvalue weighted by atomic mass is 16.5. The van der Waals surface area contributed by atoms with Gasteiger partial charge in [-0.15, -0.1) is 0 Å². The number of para-hydroxylation sites is 1. The summed E-state index contributed by atoms with van der Waals surface area (Å²) < 4.78 is 10.9. The normalized spacial score (nSPS) is 11.3. The molecule has 0 spiro atoms. The van der Waals surface area contributed by atoms with Gasteiger partial charge in [-0.1, -0.05) is 18.2 Å². The van der Waals surface area contributed by atoms with Crippen molar-refractivity contribution < 1.29 is 19.1 Å². The van der Waals surface area contributed by atoms with Gasteiger partial charge in [-0.25, -0.2) is 0 Å². The van der Waals surface area contributed by atoms with Crippen molar-refractivity contribution in [2.45, 2.75) is 26.1 Å². The monoisotopic (exact) mass is 303 g/mol. The Hall–Kier alpha value is -2.27. The molecule has 0 saturated carbocycles. The van der Waals surface area contributed by atoms with Crippen LogP contribution in [0.1, 0.15) is 30.0 Å². The minimum Gasteiger partial charge on any atom is -0.489 e. The Labute approximate surface area is 130 Å². The van der Waals surface area contributed by atoms with Crippen LogP contribution in [-0.4, -0.2) is 35.1 Å². The standard InChI is InChI=1S/C17H21NO4/c1-17(2,20)12-18(3)16(19)15-13(9-10-21-15)11-22-14-7-5-4-6-8-14/h4-10,20H,11-12H2,1-3H3. The molecule has 0 aliphatic heterocycles. The number of carbonyl (C=O) groups is 1. The third kappa shape index (κ3) is 4.36. The van der Waals surface area contributed by atoms with E-state index in [-0.39, 0.29) is 24.8 Å². The summed E-state index contributed by atoms with van der Waals surface area (Å²) in [6.07, 6.45) is 1.47. The molecule has 1 heterocycles. The molecule has 2 rings (SSSR count). The Kier molecular flexibility index (Phi) is 4.88. The van der Waals surface area contributed by atoms with E-state index in [1.54, 1.807) is 27.0 Å². The minimum absolute atomic E-state index is 0.214. The van der Waals surface area contributed by atoms with Gasteiger partial charge in [0.25, 0.3) is 5.91 Å². The van der Waals surface area contributed by atoms with E-state index in [1.165, 1.54) is 11.2 Å². The number of benzene rings is 1. The van der Waals surface area contributed by atoms with E-state index >= 15 is 0 Å². The van der Waals surface area contributed by atoms with Gasteiger partial charge in [0.1, 0.15) is 12.4 Å². The summed E-state index contributed by atoms with van der Waals surface area (Å²) in [6, 6.07) is 11.1. The highest BCUT2D eigenvalue weighted by Gasteiger charge is 2.24. The zero-order valence-corrected chi connectivity index (χ0v) is 13.1. The molecule has 1 aromatic carbocycles. The molecule has 1 amide bonds. The molecule has 0 aliphatic rings. The summed E-state index contributed by atoms with van der Waals surface area (Å²) in [5.74, 6) is 0.688. The van der Waals surface area contributed by atoms with Gasteiger partial charge in [0.15, 0.2) is 5.76 Å². The largest absolute Gasteiger partial charge is 0.489 e. The predicted molar refractivity (Wildman–Crippen MR) is 82.7 cm³/mol. The molecule has 1 aromatic heterocycles. The third-order valence-corrected chi connectivity index (χ3v) is 3.05. The fraction of sp³-hybridized carbons (Fsp3) is 0.353. The molecular formula is C17H21NO4. The average Bonchev–Trinajstić information content (AvgIpc) is 2.92. The molecule has 0 unspecified atom stereocenters. The smallest absolute Gasteiger partial charge is 0.289 e. The summed E-state index contributed by atoms with van der Waals surface area (Å²) >= 11 is 0. The second kappa shape index (κ2) is 6.66. The summed E-state index contributed by atoms with van der Waals surface area (Å²) in [5.41, 5.74) is -0.283. The number of likely N-dealkylation sites (N-methyl/N-ethyl adjacent to an activating group) is 1. The Morgan fingerprint density at radius 2 is 1.95 bits per heavy atom. The molecular weight excluding hydrogens is 282 g/mol. The molecule has 118 valence electrons. The maximum Gasteiger partial charge on any atom is 0.289 e. The van der Waals surface area contributed by atoms with Gasteiger partial charge < -0.3 is 19.2 Å². The van der Waals surface area contributed by atoms with Gasteiger partial charge in [0.2, 0.25) is 0 Å². The molecule has 1 N–H and O–H groups in total. The second-order valence-electron chi connectivity index (χ2n) is 5.85. The quantitative estimate of drug-likeness (QED) is 0.891. The van der Waals surface area contributed by atoms with Gasteiger partial charge >= 0.3 is 0 Å². The van der Waals surface area contributed by atoms with E-state index in [4.69, 9.17) is 9.15 Å². The SMILES string of the molecule is CN(CC(C)(C)O)C(=O)c1occc1COc1ccccc1. The van der Waals surface area contributed by atoms with Crippen LogP contribution < -0.4 is 4.74 Å². The lowest BCUT2D eigenvalue weighted by molar-refractivity contribution is 0.0350.